The van der Waals surface area contributed by atoms with E-state index in [0.717, 1.165) is 10.0 Å². The highest BCUT2D eigenvalue weighted by molar-refractivity contribution is 9.10. The predicted molar refractivity (Wildman–Crippen MR) is 97.1 cm³/mol. The van der Waals surface area contributed by atoms with Gasteiger partial charge in [0.2, 0.25) is 0 Å². The van der Waals surface area contributed by atoms with Gasteiger partial charge in [-0.05, 0) is 55.7 Å². The van der Waals surface area contributed by atoms with Crippen LogP contribution in [0.5, 0.6) is 5.75 Å². The van der Waals surface area contributed by atoms with Crippen molar-refractivity contribution in [2.45, 2.75) is 26.8 Å². The first-order valence-corrected chi connectivity index (χ1v) is 8.48. The lowest BCUT2D eigenvalue weighted by Gasteiger charge is -2.16. The molecule has 0 saturated heterocycles. The van der Waals surface area contributed by atoms with Gasteiger partial charge in [0.05, 0.1) is 11.1 Å². The Hall–Kier alpha value is -1.52. The Kier molecular flexibility index (Phi) is 6.08. The Morgan fingerprint density at radius 1 is 1.22 bits per heavy atom. The Labute approximate surface area is 150 Å². The number of halogens is 2. The van der Waals surface area contributed by atoms with Crippen LogP contribution >= 0.6 is 27.5 Å². The van der Waals surface area contributed by atoms with E-state index in [0.29, 0.717) is 10.8 Å². The first-order valence-electron chi connectivity index (χ1n) is 7.31. The molecule has 0 aliphatic carbocycles. The molecule has 0 aliphatic rings. The average Bonchev–Trinajstić information content (AvgIpc) is 2.49. The van der Waals surface area contributed by atoms with Crippen LogP contribution < -0.4 is 10.1 Å². The van der Waals surface area contributed by atoms with Crippen LogP contribution in [0.2, 0.25) is 5.02 Å². The number of ether oxygens (including phenoxy) is 1. The lowest BCUT2D eigenvalue weighted by atomic mass is 10.0. The van der Waals surface area contributed by atoms with Gasteiger partial charge >= 0.3 is 0 Å². The Bertz CT molecular complexity index is 718. The van der Waals surface area contributed by atoms with Crippen LogP contribution in [0.15, 0.2) is 40.9 Å². The van der Waals surface area contributed by atoms with Gasteiger partial charge in [0.1, 0.15) is 5.75 Å². The van der Waals surface area contributed by atoms with Crippen molar-refractivity contribution in [3.05, 3.63) is 62.6 Å². The fourth-order valence-corrected chi connectivity index (χ4v) is 2.86. The number of benzene rings is 2. The van der Waals surface area contributed by atoms with Crippen molar-refractivity contribution in [3.8, 4) is 5.75 Å². The van der Waals surface area contributed by atoms with Gasteiger partial charge in [-0.15, -0.1) is 0 Å². The second-order valence-electron chi connectivity index (χ2n) is 5.50. The van der Waals surface area contributed by atoms with E-state index in [2.05, 4.69) is 47.2 Å². The number of rotatable bonds is 5. The highest BCUT2D eigenvalue weighted by Crippen LogP contribution is 2.27. The highest BCUT2D eigenvalue weighted by atomic mass is 79.9. The molecule has 0 radical (unpaired) electrons. The molecule has 0 spiro atoms. The van der Waals surface area contributed by atoms with Crippen molar-refractivity contribution in [1.82, 2.24) is 5.32 Å². The zero-order valence-electron chi connectivity index (χ0n) is 13.3. The first-order chi connectivity index (χ1) is 10.9. The largest absolute Gasteiger partial charge is 0.482 e. The Morgan fingerprint density at radius 2 is 1.96 bits per heavy atom. The van der Waals surface area contributed by atoms with Crippen molar-refractivity contribution in [1.29, 1.82) is 0 Å². The van der Waals surface area contributed by atoms with E-state index in [1.807, 2.05) is 19.1 Å². The number of amides is 1. The van der Waals surface area contributed by atoms with E-state index in [1.165, 1.54) is 11.1 Å². The SMILES string of the molecule is Cc1ccc(C(C)NC(=O)COc2ccc(Br)cc2Cl)cc1C. The van der Waals surface area contributed by atoms with Gasteiger partial charge < -0.3 is 10.1 Å². The summed E-state index contributed by atoms with van der Waals surface area (Å²) < 4.78 is 6.33. The topological polar surface area (TPSA) is 38.3 Å². The van der Waals surface area contributed by atoms with Crippen molar-refractivity contribution in [2.75, 3.05) is 6.61 Å². The molecule has 0 saturated carbocycles. The van der Waals surface area contributed by atoms with E-state index >= 15 is 0 Å². The van der Waals surface area contributed by atoms with Crippen LogP contribution in [0.1, 0.15) is 29.7 Å². The third-order valence-corrected chi connectivity index (χ3v) is 4.45. The molecule has 0 heterocycles. The third-order valence-electron chi connectivity index (χ3n) is 3.66. The quantitative estimate of drug-likeness (QED) is 0.774. The number of carbonyl (C=O) groups excluding carboxylic acids is 1. The minimum atomic E-state index is -0.185. The summed E-state index contributed by atoms with van der Waals surface area (Å²) >= 11 is 9.39. The van der Waals surface area contributed by atoms with E-state index in [1.54, 1.807) is 12.1 Å². The molecule has 2 aromatic carbocycles. The molecule has 3 nitrogen and oxygen atoms in total. The van der Waals surface area contributed by atoms with Crippen LogP contribution in [-0.2, 0) is 4.79 Å². The van der Waals surface area contributed by atoms with Gasteiger partial charge in [0, 0.05) is 4.47 Å². The second kappa shape index (κ2) is 7.84. The smallest absolute Gasteiger partial charge is 0.258 e. The van der Waals surface area contributed by atoms with E-state index in [-0.39, 0.29) is 18.6 Å². The van der Waals surface area contributed by atoms with Crippen LogP contribution in [0.25, 0.3) is 0 Å². The molecule has 0 bridgehead atoms. The summed E-state index contributed by atoms with van der Waals surface area (Å²) in [6.07, 6.45) is 0. The van der Waals surface area contributed by atoms with Crippen molar-refractivity contribution >= 4 is 33.4 Å². The average molecular weight is 397 g/mol. The maximum atomic E-state index is 12.0. The number of aryl methyl sites for hydroxylation is 2. The standard InChI is InChI=1S/C18H19BrClNO2/c1-11-4-5-14(8-12(11)2)13(3)21-18(22)10-23-17-7-6-15(19)9-16(17)20/h4-9,13H,10H2,1-3H3,(H,21,22). The van der Waals surface area contributed by atoms with Crippen LogP contribution in [0.3, 0.4) is 0 Å². The fourth-order valence-electron chi connectivity index (χ4n) is 2.14. The zero-order valence-corrected chi connectivity index (χ0v) is 15.7. The molecule has 0 fully saturated rings. The Balaban J connectivity index is 1.92. The van der Waals surface area contributed by atoms with Crippen LogP contribution in [0, 0.1) is 13.8 Å². The molecule has 1 atom stereocenters. The lowest BCUT2D eigenvalue weighted by Crippen LogP contribution is -2.31. The molecule has 23 heavy (non-hydrogen) atoms. The predicted octanol–water partition coefficient (Wildman–Crippen LogP) is 4.98. The second-order valence-corrected chi connectivity index (χ2v) is 6.82. The summed E-state index contributed by atoms with van der Waals surface area (Å²) in [4.78, 5) is 12.0. The van der Waals surface area contributed by atoms with Crippen LogP contribution in [-0.4, -0.2) is 12.5 Å². The first kappa shape index (κ1) is 17.8. The van der Waals surface area contributed by atoms with Crippen molar-refractivity contribution < 1.29 is 9.53 Å². The molecule has 2 rings (SSSR count). The Morgan fingerprint density at radius 3 is 2.61 bits per heavy atom. The summed E-state index contributed by atoms with van der Waals surface area (Å²) in [6, 6.07) is 11.4. The molecule has 2 aromatic rings. The molecule has 0 aromatic heterocycles. The van der Waals surface area contributed by atoms with Gasteiger partial charge in [-0.3, -0.25) is 4.79 Å². The van der Waals surface area contributed by atoms with Crippen LogP contribution in [0.4, 0.5) is 0 Å². The third kappa shape index (κ3) is 4.98. The summed E-state index contributed by atoms with van der Waals surface area (Å²) in [7, 11) is 0. The molecule has 1 amide bonds. The normalized spacial score (nSPS) is 11.9. The monoisotopic (exact) mass is 395 g/mol. The number of hydrogen-bond donors (Lipinski definition) is 1. The van der Waals surface area contributed by atoms with Gasteiger partial charge in [0.15, 0.2) is 6.61 Å². The number of nitrogens with one attached hydrogen (secondary N) is 1. The molecule has 0 aliphatic heterocycles. The summed E-state index contributed by atoms with van der Waals surface area (Å²) in [5, 5.41) is 3.39. The highest BCUT2D eigenvalue weighted by Gasteiger charge is 2.12. The van der Waals surface area contributed by atoms with Gasteiger partial charge in [-0.1, -0.05) is 45.7 Å². The van der Waals surface area contributed by atoms with Gasteiger partial charge in [-0.25, -0.2) is 0 Å². The molecular formula is C18H19BrClNO2. The van der Waals surface area contributed by atoms with Crippen molar-refractivity contribution in [3.63, 3.8) is 0 Å². The zero-order chi connectivity index (χ0) is 17.0. The van der Waals surface area contributed by atoms with Gasteiger partial charge in [0.25, 0.3) is 5.91 Å². The molecule has 1 N–H and O–H groups in total. The molecule has 5 heteroatoms. The van der Waals surface area contributed by atoms with Crippen molar-refractivity contribution in [2.24, 2.45) is 0 Å². The van der Waals surface area contributed by atoms with E-state index < -0.39 is 0 Å². The summed E-state index contributed by atoms with van der Waals surface area (Å²) in [6.45, 7) is 6.01. The molecule has 122 valence electrons. The number of carbonyl (C=O) groups is 1. The minimum Gasteiger partial charge on any atom is -0.482 e. The maximum Gasteiger partial charge on any atom is 0.258 e. The summed E-state index contributed by atoms with van der Waals surface area (Å²) in [5.74, 6) is 0.304. The minimum absolute atomic E-state index is 0.0729. The lowest BCUT2D eigenvalue weighted by molar-refractivity contribution is -0.123. The fraction of sp³-hybridized carbons (Fsp3) is 0.278. The molecule has 1 unspecified atom stereocenters. The number of hydrogen-bond acceptors (Lipinski definition) is 2. The van der Waals surface area contributed by atoms with E-state index in [4.69, 9.17) is 16.3 Å². The van der Waals surface area contributed by atoms with E-state index in [9.17, 15) is 4.79 Å². The maximum absolute atomic E-state index is 12.0. The summed E-state index contributed by atoms with van der Waals surface area (Å²) in [5.41, 5.74) is 3.52. The van der Waals surface area contributed by atoms with Gasteiger partial charge in [-0.2, -0.15) is 0 Å². The molecular weight excluding hydrogens is 378 g/mol.